The number of amides is 2. The molecule has 1 unspecified atom stereocenters. The van der Waals surface area contributed by atoms with Crippen LogP contribution in [0.1, 0.15) is 44.2 Å². The van der Waals surface area contributed by atoms with Crippen LogP contribution < -0.4 is 10.2 Å². The fourth-order valence-corrected chi connectivity index (χ4v) is 4.78. The zero-order valence-corrected chi connectivity index (χ0v) is 16.9. The Hall–Kier alpha value is -1.63. The minimum absolute atomic E-state index is 0.0774. The number of hydrogen-bond acceptors (Lipinski definition) is 5. The molecule has 0 bridgehead atoms. The quantitative estimate of drug-likeness (QED) is 0.852. The molecule has 0 saturated carbocycles. The molecule has 1 aromatic heterocycles. The summed E-state index contributed by atoms with van der Waals surface area (Å²) in [5, 5.41) is 4.13. The van der Waals surface area contributed by atoms with Gasteiger partial charge in [-0.1, -0.05) is 20.8 Å². The monoisotopic (exact) mass is 378 g/mol. The first-order valence-corrected chi connectivity index (χ1v) is 10.6. The molecule has 144 valence electrons. The largest absolute Gasteiger partial charge is 0.356 e. The Balaban J connectivity index is 1.58. The molecule has 0 radical (unpaired) electrons. The Morgan fingerprint density at radius 2 is 2.00 bits per heavy atom. The van der Waals surface area contributed by atoms with E-state index < -0.39 is 0 Å². The number of nitrogens with zero attached hydrogens (tertiary/aromatic N) is 3. The van der Waals surface area contributed by atoms with Gasteiger partial charge in [-0.15, -0.1) is 11.3 Å². The van der Waals surface area contributed by atoms with Crippen LogP contribution in [0.25, 0.3) is 0 Å². The van der Waals surface area contributed by atoms with E-state index in [4.69, 9.17) is 4.98 Å². The van der Waals surface area contributed by atoms with E-state index in [-0.39, 0.29) is 17.7 Å². The van der Waals surface area contributed by atoms with Crippen molar-refractivity contribution < 1.29 is 9.59 Å². The highest BCUT2D eigenvalue weighted by atomic mass is 32.1. The number of thiazole rings is 1. The van der Waals surface area contributed by atoms with Crippen LogP contribution in [-0.2, 0) is 22.4 Å². The molecular formula is C19H30N4O2S. The zero-order valence-electron chi connectivity index (χ0n) is 16.1. The summed E-state index contributed by atoms with van der Waals surface area (Å²) in [7, 11) is 0. The summed E-state index contributed by atoms with van der Waals surface area (Å²) >= 11 is 1.73. The maximum absolute atomic E-state index is 12.4. The van der Waals surface area contributed by atoms with Crippen molar-refractivity contribution in [2.45, 2.75) is 46.5 Å². The van der Waals surface area contributed by atoms with Gasteiger partial charge in [0.1, 0.15) is 0 Å². The topological polar surface area (TPSA) is 65.5 Å². The normalized spacial score (nSPS) is 20.2. The molecule has 2 amide bonds. The van der Waals surface area contributed by atoms with E-state index in [1.54, 1.807) is 11.3 Å². The van der Waals surface area contributed by atoms with Gasteiger partial charge in [-0.05, 0) is 25.2 Å². The molecule has 3 rings (SSSR count). The first-order valence-electron chi connectivity index (χ1n) is 9.77. The molecule has 6 nitrogen and oxygen atoms in total. The van der Waals surface area contributed by atoms with Gasteiger partial charge in [-0.3, -0.25) is 9.59 Å². The van der Waals surface area contributed by atoms with Gasteiger partial charge < -0.3 is 15.1 Å². The summed E-state index contributed by atoms with van der Waals surface area (Å²) < 4.78 is 0. The molecule has 2 heterocycles. The van der Waals surface area contributed by atoms with Gasteiger partial charge in [-0.2, -0.15) is 0 Å². The van der Waals surface area contributed by atoms with Gasteiger partial charge >= 0.3 is 0 Å². The van der Waals surface area contributed by atoms with Gasteiger partial charge in [0, 0.05) is 49.9 Å². The number of piperazine rings is 1. The smallest absolute Gasteiger partial charge is 0.223 e. The Kier molecular flexibility index (Phi) is 6.16. The van der Waals surface area contributed by atoms with Gasteiger partial charge in [0.25, 0.3) is 0 Å². The van der Waals surface area contributed by atoms with Gasteiger partial charge in [-0.25, -0.2) is 4.98 Å². The molecule has 1 aromatic rings. The van der Waals surface area contributed by atoms with Gasteiger partial charge in [0.05, 0.1) is 5.69 Å². The highest BCUT2D eigenvalue weighted by Gasteiger charge is 2.29. The summed E-state index contributed by atoms with van der Waals surface area (Å²) in [6, 6.07) is 0. The third-order valence-corrected chi connectivity index (χ3v) is 6.37. The van der Waals surface area contributed by atoms with E-state index >= 15 is 0 Å². The van der Waals surface area contributed by atoms with E-state index in [9.17, 15) is 9.59 Å². The lowest BCUT2D eigenvalue weighted by atomic mass is 9.90. The van der Waals surface area contributed by atoms with Crippen molar-refractivity contribution in [2.75, 3.05) is 37.6 Å². The van der Waals surface area contributed by atoms with Crippen LogP contribution in [0.15, 0.2) is 0 Å². The first kappa shape index (κ1) is 19.1. The number of aryl methyl sites for hydroxylation is 1. The van der Waals surface area contributed by atoms with Gasteiger partial charge in [0.2, 0.25) is 11.8 Å². The fraction of sp³-hybridized carbons (Fsp3) is 0.737. The number of aromatic nitrogens is 1. The first-order chi connectivity index (χ1) is 12.5. The second kappa shape index (κ2) is 8.37. The van der Waals surface area contributed by atoms with Crippen LogP contribution in [0.4, 0.5) is 5.13 Å². The van der Waals surface area contributed by atoms with E-state index in [1.165, 1.54) is 10.6 Å². The van der Waals surface area contributed by atoms with E-state index in [0.29, 0.717) is 12.3 Å². The summed E-state index contributed by atoms with van der Waals surface area (Å²) in [5.41, 5.74) is 1.17. The predicted octanol–water partition coefficient (Wildman–Crippen LogP) is 2.08. The van der Waals surface area contributed by atoms with Crippen molar-refractivity contribution in [2.24, 2.45) is 11.8 Å². The van der Waals surface area contributed by atoms with Crippen molar-refractivity contribution >= 4 is 28.3 Å². The number of hydrogen-bond donors (Lipinski definition) is 1. The van der Waals surface area contributed by atoms with Crippen molar-refractivity contribution in [1.29, 1.82) is 0 Å². The predicted molar refractivity (Wildman–Crippen MR) is 105 cm³/mol. The number of carbonyl (C=O) groups is 2. The summed E-state index contributed by atoms with van der Waals surface area (Å²) in [6.07, 6.45) is 3.16. The Morgan fingerprint density at radius 3 is 2.65 bits per heavy atom. The number of anilines is 1. The lowest BCUT2D eigenvalue weighted by molar-refractivity contribution is -0.131. The lowest BCUT2D eigenvalue weighted by Gasteiger charge is -2.34. The number of fused-ring (bicyclic) bond motifs is 1. The SMILES string of the molecule is CCC(=O)N1CCN(c2nc3c(s2)CC(C(=O)NCC(C)C)CC3)CC1. The minimum atomic E-state index is 0.0774. The highest BCUT2D eigenvalue weighted by molar-refractivity contribution is 7.15. The number of nitrogens with one attached hydrogen (secondary N) is 1. The summed E-state index contributed by atoms with van der Waals surface area (Å²) in [4.78, 5) is 34.5. The third-order valence-electron chi connectivity index (χ3n) is 5.19. The van der Waals surface area contributed by atoms with Crippen LogP contribution in [0, 0.1) is 11.8 Å². The molecule has 26 heavy (non-hydrogen) atoms. The van der Waals surface area contributed by atoms with Crippen LogP contribution in [0.5, 0.6) is 0 Å². The number of carbonyl (C=O) groups excluding carboxylic acids is 2. The molecule has 1 N–H and O–H groups in total. The molecule has 7 heteroatoms. The third kappa shape index (κ3) is 4.37. The van der Waals surface area contributed by atoms with Crippen LogP contribution in [0.2, 0.25) is 0 Å². The van der Waals surface area contributed by atoms with E-state index in [2.05, 4.69) is 24.1 Å². The van der Waals surface area contributed by atoms with Crippen LogP contribution in [0.3, 0.4) is 0 Å². The summed E-state index contributed by atoms with van der Waals surface area (Å²) in [6.45, 7) is 10.1. The van der Waals surface area contributed by atoms with Gasteiger partial charge in [0.15, 0.2) is 5.13 Å². The second-order valence-electron chi connectivity index (χ2n) is 7.67. The molecule has 1 fully saturated rings. The van der Waals surface area contributed by atoms with Crippen molar-refractivity contribution in [3.63, 3.8) is 0 Å². The maximum Gasteiger partial charge on any atom is 0.223 e. The Morgan fingerprint density at radius 1 is 1.27 bits per heavy atom. The number of rotatable bonds is 5. The second-order valence-corrected chi connectivity index (χ2v) is 8.73. The average molecular weight is 379 g/mol. The van der Waals surface area contributed by atoms with Crippen LogP contribution in [-0.4, -0.2) is 54.4 Å². The summed E-state index contributed by atoms with van der Waals surface area (Å²) in [5.74, 6) is 0.976. The molecule has 1 atom stereocenters. The Labute approximate surface area is 160 Å². The molecule has 0 spiro atoms. The van der Waals surface area contributed by atoms with Crippen molar-refractivity contribution in [3.05, 3.63) is 10.6 Å². The standard InChI is InChI=1S/C19H30N4O2S/c1-4-17(24)22-7-9-23(10-8-22)19-21-15-6-5-14(11-16(15)26-19)18(25)20-12-13(2)3/h13-14H,4-12H2,1-3H3,(H,20,25). The molecule has 1 aliphatic carbocycles. The zero-order chi connectivity index (χ0) is 18.7. The minimum Gasteiger partial charge on any atom is -0.356 e. The maximum atomic E-state index is 12.4. The molecular weight excluding hydrogens is 348 g/mol. The molecule has 1 saturated heterocycles. The van der Waals surface area contributed by atoms with Crippen molar-refractivity contribution in [3.8, 4) is 0 Å². The molecule has 1 aliphatic heterocycles. The van der Waals surface area contributed by atoms with Crippen molar-refractivity contribution in [1.82, 2.24) is 15.2 Å². The fourth-order valence-electron chi connectivity index (χ4n) is 3.54. The average Bonchev–Trinajstić information content (AvgIpc) is 3.08. The molecule has 2 aliphatic rings. The van der Waals surface area contributed by atoms with Crippen LogP contribution >= 0.6 is 11.3 Å². The Bertz CT molecular complexity index is 650. The van der Waals surface area contributed by atoms with E-state index in [1.807, 2.05) is 11.8 Å². The highest BCUT2D eigenvalue weighted by Crippen LogP contribution is 2.34. The lowest BCUT2D eigenvalue weighted by Crippen LogP contribution is -2.48. The van der Waals surface area contributed by atoms with E-state index in [0.717, 1.165) is 57.1 Å². The molecule has 0 aromatic carbocycles.